The van der Waals surface area contributed by atoms with Crippen molar-refractivity contribution in [3.05, 3.63) is 0 Å². The average molecular weight is 284 g/mol. The first-order valence-electron chi connectivity index (χ1n) is 8.47. The van der Waals surface area contributed by atoms with Gasteiger partial charge in [0.1, 0.15) is 0 Å². The molecule has 0 amide bonds. The minimum Gasteiger partial charge on any atom is -0.312 e. The van der Waals surface area contributed by atoms with Crippen LogP contribution in [0.2, 0.25) is 0 Å². The van der Waals surface area contributed by atoms with E-state index in [2.05, 4.69) is 63.8 Å². The molecule has 3 atom stereocenters. The Morgan fingerprint density at radius 3 is 2.40 bits per heavy atom. The summed E-state index contributed by atoms with van der Waals surface area (Å²) < 4.78 is 0. The summed E-state index contributed by atoms with van der Waals surface area (Å²) in [4.78, 5) is 5.03. The monoisotopic (exact) mass is 283 g/mol. The van der Waals surface area contributed by atoms with Crippen LogP contribution in [0, 0.1) is 5.41 Å². The quantitative estimate of drug-likeness (QED) is 0.739. The van der Waals surface area contributed by atoms with Gasteiger partial charge in [-0.1, -0.05) is 27.7 Å². The molecule has 0 aromatic heterocycles. The highest BCUT2D eigenvalue weighted by Crippen LogP contribution is 2.40. The summed E-state index contributed by atoms with van der Waals surface area (Å²) in [6.45, 7) is 15.3. The largest absolute Gasteiger partial charge is 0.312 e. The van der Waals surface area contributed by atoms with Crippen LogP contribution >= 0.6 is 0 Å². The number of nitrogens with zero attached hydrogens (tertiary/aromatic N) is 2. The van der Waals surface area contributed by atoms with E-state index >= 15 is 0 Å². The lowest BCUT2D eigenvalue weighted by Crippen LogP contribution is -2.55. The molecular weight excluding hydrogens is 246 g/mol. The van der Waals surface area contributed by atoms with Crippen molar-refractivity contribution in [2.24, 2.45) is 5.41 Å². The molecule has 1 aliphatic carbocycles. The van der Waals surface area contributed by atoms with Crippen molar-refractivity contribution in [1.29, 1.82) is 0 Å². The molecule has 0 aliphatic heterocycles. The van der Waals surface area contributed by atoms with Crippen molar-refractivity contribution < 1.29 is 0 Å². The van der Waals surface area contributed by atoms with Gasteiger partial charge in [-0.2, -0.15) is 0 Å². The number of likely N-dealkylation sites (N-methyl/N-ethyl adjacent to an activating group) is 2. The Morgan fingerprint density at radius 1 is 1.25 bits per heavy atom. The van der Waals surface area contributed by atoms with E-state index in [4.69, 9.17) is 0 Å². The fourth-order valence-corrected chi connectivity index (χ4v) is 3.94. The molecule has 1 aliphatic rings. The van der Waals surface area contributed by atoms with Crippen LogP contribution in [0.3, 0.4) is 0 Å². The van der Waals surface area contributed by atoms with Crippen LogP contribution in [0.4, 0.5) is 0 Å². The molecule has 3 unspecified atom stereocenters. The summed E-state index contributed by atoms with van der Waals surface area (Å²) in [6, 6.07) is 1.95. The molecule has 0 heterocycles. The smallest absolute Gasteiger partial charge is 0.0274 e. The molecule has 1 fully saturated rings. The Kier molecular flexibility index (Phi) is 6.96. The molecule has 3 heteroatoms. The van der Waals surface area contributed by atoms with Crippen LogP contribution < -0.4 is 5.32 Å². The van der Waals surface area contributed by atoms with Gasteiger partial charge in [-0.3, -0.25) is 4.90 Å². The molecule has 120 valence electrons. The highest BCUT2D eigenvalue weighted by Gasteiger charge is 2.44. The topological polar surface area (TPSA) is 18.5 Å². The van der Waals surface area contributed by atoms with Crippen LogP contribution in [0.15, 0.2) is 0 Å². The van der Waals surface area contributed by atoms with Crippen molar-refractivity contribution in [2.75, 3.05) is 33.7 Å². The third-order valence-electron chi connectivity index (χ3n) is 4.91. The Morgan fingerprint density at radius 2 is 1.90 bits per heavy atom. The van der Waals surface area contributed by atoms with Gasteiger partial charge in [0, 0.05) is 24.7 Å². The van der Waals surface area contributed by atoms with E-state index in [9.17, 15) is 0 Å². The molecule has 1 N–H and O–H groups in total. The Hall–Kier alpha value is -0.120. The van der Waals surface area contributed by atoms with Crippen molar-refractivity contribution in [3.63, 3.8) is 0 Å². The first-order valence-corrected chi connectivity index (χ1v) is 8.47. The molecule has 1 saturated carbocycles. The molecule has 20 heavy (non-hydrogen) atoms. The molecule has 0 radical (unpaired) electrons. The van der Waals surface area contributed by atoms with Crippen molar-refractivity contribution in [3.8, 4) is 0 Å². The molecule has 0 aromatic rings. The predicted molar refractivity (Wildman–Crippen MR) is 89.3 cm³/mol. The standard InChI is InChI=1S/C17H37N3/c1-8-12-18-16-15(10-11-17(16,4)5)20(9-2)14(3)13-19(6)7/h14-16,18H,8-13H2,1-7H3. The third kappa shape index (κ3) is 4.44. The minimum atomic E-state index is 0.422. The van der Waals surface area contributed by atoms with Gasteiger partial charge >= 0.3 is 0 Å². The van der Waals surface area contributed by atoms with Crippen LogP contribution in [0.1, 0.15) is 53.9 Å². The average Bonchev–Trinajstić information content (AvgIpc) is 2.63. The van der Waals surface area contributed by atoms with Crippen LogP contribution in [0.25, 0.3) is 0 Å². The zero-order valence-electron chi connectivity index (χ0n) is 14.9. The van der Waals surface area contributed by atoms with E-state index in [1.807, 2.05) is 0 Å². The number of rotatable bonds is 8. The first kappa shape index (κ1) is 17.9. The maximum Gasteiger partial charge on any atom is 0.0274 e. The van der Waals surface area contributed by atoms with Gasteiger partial charge in [0.25, 0.3) is 0 Å². The highest BCUT2D eigenvalue weighted by atomic mass is 15.2. The van der Waals surface area contributed by atoms with E-state index in [1.54, 1.807) is 0 Å². The van der Waals surface area contributed by atoms with Crippen LogP contribution in [-0.4, -0.2) is 61.7 Å². The van der Waals surface area contributed by atoms with E-state index in [0.29, 0.717) is 23.5 Å². The van der Waals surface area contributed by atoms with E-state index in [1.165, 1.54) is 19.3 Å². The Labute approximate surface area is 127 Å². The lowest BCUT2D eigenvalue weighted by atomic mass is 9.86. The SMILES string of the molecule is CCCNC1C(N(CC)C(C)CN(C)C)CCC1(C)C. The number of hydrogen-bond donors (Lipinski definition) is 1. The van der Waals surface area contributed by atoms with E-state index < -0.39 is 0 Å². The second kappa shape index (κ2) is 7.77. The normalized spacial score (nSPS) is 27.4. The maximum atomic E-state index is 3.84. The molecule has 0 bridgehead atoms. The van der Waals surface area contributed by atoms with Gasteiger partial charge in [0.2, 0.25) is 0 Å². The van der Waals surface area contributed by atoms with Crippen molar-refractivity contribution in [1.82, 2.24) is 15.1 Å². The molecule has 0 saturated heterocycles. The zero-order valence-corrected chi connectivity index (χ0v) is 14.9. The minimum absolute atomic E-state index is 0.422. The fourth-order valence-electron chi connectivity index (χ4n) is 3.94. The van der Waals surface area contributed by atoms with Crippen molar-refractivity contribution in [2.45, 2.75) is 72.0 Å². The highest BCUT2D eigenvalue weighted by molar-refractivity contribution is 5.01. The summed E-state index contributed by atoms with van der Waals surface area (Å²) in [5.41, 5.74) is 0.422. The van der Waals surface area contributed by atoms with Gasteiger partial charge in [0.05, 0.1) is 0 Å². The Bertz CT molecular complexity index is 275. The maximum absolute atomic E-state index is 3.84. The zero-order chi connectivity index (χ0) is 15.3. The predicted octanol–water partition coefficient (Wildman–Crippen LogP) is 2.82. The molecule has 1 rings (SSSR count). The van der Waals surface area contributed by atoms with Crippen LogP contribution in [-0.2, 0) is 0 Å². The number of hydrogen-bond acceptors (Lipinski definition) is 3. The first-order chi connectivity index (χ1) is 9.33. The molecule has 0 aromatic carbocycles. The van der Waals surface area contributed by atoms with E-state index in [-0.39, 0.29) is 0 Å². The summed E-state index contributed by atoms with van der Waals surface area (Å²) in [6.07, 6.45) is 3.89. The summed E-state index contributed by atoms with van der Waals surface area (Å²) in [5, 5.41) is 3.84. The second-order valence-corrected chi connectivity index (χ2v) is 7.47. The third-order valence-corrected chi connectivity index (χ3v) is 4.91. The van der Waals surface area contributed by atoms with Gasteiger partial charge in [-0.15, -0.1) is 0 Å². The van der Waals surface area contributed by atoms with E-state index in [0.717, 1.165) is 19.6 Å². The van der Waals surface area contributed by atoms with Gasteiger partial charge in [-0.25, -0.2) is 0 Å². The fraction of sp³-hybridized carbons (Fsp3) is 1.00. The van der Waals surface area contributed by atoms with Crippen LogP contribution in [0.5, 0.6) is 0 Å². The van der Waals surface area contributed by atoms with Gasteiger partial charge in [-0.05, 0) is 58.8 Å². The summed E-state index contributed by atoms with van der Waals surface area (Å²) >= 11 is 0. The number of nitrogens with one attached hydrogen (secondary N) is 1. The molecular formula is C17H37N3. The Balaban J connectivity index is 2.78. The lowest BCUT2D eigenvalue weighted by Gasteiger charge is -2.41. The summed E-state index contributed by atoms with van der Waals surface area (Å²) in [5.74, 6) is 0. The van der Waals surface area contributed by atoms with Gasteiger partial charge in [0.15, 0.2) is 0 Å². The molecule has 3 nitrogen and oxygen atoms in total. The van der Waals surface area contributed by atoms with Gasteiger partial charge < -0.3 is 10.2 Å². The second-order valence-electron chi connectivity index (χ2n) is 7.47. The van der Waals surface area contributed by atoms with Crippen molar-refractivity contribution >= 4 is 0 Å². The lowest BCUT2D eigenvalue weighted by molar-refractivity contribution is 0.0968. The molecule has 0 spiro atoms. The summed E-state index contributed by atoms with van der Waals surface area (Å²) in [7, 11) is 4.35.